The Labute approximate surface area is 143 Å². The van der Waals surface area contributed by atoms with Gasteiger partial charge in [-0.15, -0.1) is 11.3 Å². The van der Waals surface area contributed by atoms with Crippen molar-refractivity contribution in [2.24, 2.45) is 5.73 Å². The molecule has 2 aromatic rings. The summed E-state index contributed by atoms with van der Waals surface area (Å²) in [5.41, 5.74) is 6.58. The van der Waals surface area contributed by atoms with Crippen LogP contribution in [0.1, 0.15) is 38.7 Å². The van der Waals surface area contributed by atoms with Gasteiger partial charge in [0.25, 0.3) is 11.8 Å². The topological polar surface area (TPSA) is 106 Å². The molecule has 4 N–H and O–H groups in total. The van der Waals surface area contributed by atoms with Gasteiger partial charge in [0, 0.05) is 18.0 Å². The Morgan fingerprint density at radius 3 is 2.79 bits per heavy atom. The number of ether oxygens (including phenoxy) is 1. The minimum absolute atomic E-state index is 0.220. The molecule has 0 unspecified atom stereocenters. The molecule has 0 saturated heterocycles. The zero-order chi connectivity index (χ0) is 17.1. The molecule has 1 aromatic carbocycles. The van der Waals surface area contributed by atoms with Crippen LogP contribution in [-0.4, -0.2) is 29.9 Å². The first-order chi connectivity index (χ1) is 11.6. The third kappa shape index (κ3) is 3.72. The number of nitrogens with one attached hydrogen (secondary N) is 2. The molecule has 3 rings (SSSR count). The van der Waals surface area contributed by atoms with Gasteiger partial charge in [-0.3, -0.25) is 9.59 Å². The highest BCUT2D eigenvalue weighted by molar-refractivity contribution is 7.09. The first-order valence-electron chi connectivity index (χ1n) is 7.55. The van der Waals surface area contributed by atoms with Crippen molar-refractivity contribution >= 4 is 28.8 Å². The minimum Gasteiger partial charge on any atom is -0.497 e. The van der Waals surface area contributed by atoms with Crippen LogP contribution in [0.3, 0.4) is 0 Å². The number of carbonyl (C=O) groups is 2. The fourth-order valence-corrected chi connectivity index (χ4v) is 2.79. The first kappa shape index (κ1) is 16.4. The number of aromatic nitrogens is 1. The summed E-state index contributed by atoms with van der Waals surface area (Å²) < 4.78 is 5.17. The third-order valence-electron chi connectivity index (χ3n) is 3.59. The van der Waals surface area contributed by atoms with Crippen LogP contribution in [-0.2, 0) is 6.54 Å². The van der Waals surface area contributed by atoms with E-state index in [0.717, 1.165) is 12.8 Å². The second kappa shape index (κ2) is 6.98. The number of hydrogen-bond donors (Lipinski definition) is 3. The second-order valence-electron chi connectivity index (χ2n) is 5.44. The predicted octanol–water partition coefficient (Wildman–Crippen LogP) is 1.75. The Balaban J connectivity index is 1.82. The van der Waals surface area contributed by atoms with Crippen LogP contribution < -0.4 is 21.1 Å². The fourth-order valence-electron chi connectivity index (χ4n) is 2.13. The van der Waals surface area contributed by atoms with E-state index in [1.54, 1.807) is 23.6 Å². The van der Waals surface area contributed by atoms with Crippen molar-refractivity contribution in [1.29, 1.82) is 0 Å². The van der Waals surface area contributed by atoms with Crippen LogP contribution in [0.15, 0.2) is 23.6 Å². The van der Waals surface area contributed by atoms with Gasteiger partial charge in [-0.1, -0.05) is 0 Å². The quantitative estimate of drug-likeness (QED) is 0.739. The number of nitrogens with two attached hydrogens (primary N) is 1. The maximum atomic E-state index is 12.4. The molecule has 0 radical (unpaired) electrons. The molecule has 126 valence electrons. The monoisotopic (exact) mass is 346 g/mol. The van der Waals surface area contributed by atoms with E-state index in [0.29, 0.717) is 22.0 Å². The number of hydrogen-bond acceptors (Lipinski definition) is 6. The van der Waals surface area contributed by atoms with Gasteiger partial charge in [0.2, 0.25) is 0 Å². The number of anilines is 1. The highest BCUT2D eigenvalue weighted by Crippen LogP contribution is 2.25. The molecule has 0 aliphatic heterocycles. The van der Waals surface area contributed by atoms with E-state index in [1.807, 2.05) is 0 Å². The van der Waals surface area contributed by atoms with Crippen LogP contribution in [0.5, 0.6) is 5.75 Å². The average molecular weight is 346 g/mol. The minimum atomic E-state index is -0.378. The molecule has 0 spiro atoms. The number of amides is 2. The van der Waals surface area contributed by atoms with Crippen molar-refractivity contribution in [3.63, 3.8) is 0 Å². The van der Waals surface area contributed by atoms with Crippen LogP contribution >= 0.6 is 11.3 Å². The molecule has 7 nitrogen and oxygen atoms in total. The van der Waals surface area contributed by atoms with E-state index < -0.39 is 0 Å². The molecular weight excluding hydrogens is 328 g/mol. The Kier molecular flexibility index (Phi) is 4.77. The Morgan fingerprint density at radius 1 is 1.38 bits per heavy atom. The highest BCUT2D eigenvalue weighted by Gasteiger charge is 2.25. The van der Waals surface area contributed by atoms with Gasteiger partial charge >= 0.3 is 0 Å². The lowest BCUT2D eigenvalue weighted by molar-refractivity contribution is 0.0951. The summed E-state index contributed by atoms with van der Waals surface area (Å²) in [7, 11) is 1.53. The summed E-state index contributed by atoms with van der Waals surface area (Å²) in [6.07, 6.45) is 1.97. The number of benzene rings is 1. The lowest BCUT2D eigenvalue weighted by Gasteiger charge is -2.12. The summed E-state index contributed by atoms with van der Waals surface area (Å²) in [5.74, 6) is -0.0581. The molecule has 1 heterocycles. The smallest absolute Gasteiger partial charge is 0.275 e. The number of methoxy groups -OCH3 is 1. The molecule has 24 heavy (non-hydrogen) atoms. The van der Waals surface area contributed by atoms with E-state index in [9.17, 15) is 9.59 Å². The van der Waals surface area contributed by atoms with E-state index in [-0.39, 0.29) is 30.1 Å². The fraction of sp³-hybridized carbons (Fsp3) is 0.312. The van der Waals surface area contributed by atoms with Gasteiger partial charge in [-0.2, -0.15) is 0 Å². The summed E-state index contributed by atoms with van der Waals surface area (Å²) in [5, 5.41) is 7.98. The van der Waals surface area contributed by atoms with Gasteiger partial charge in [-0.05, 0) is 31.0 Å². The van der Waals surface area contributed by atoms with Crippen molar-refractivity contribution in [2.45, 2.75) is 25.4 Å². The largest absolute Gasteiger partial charge is 0.497 e. The molecular formula is C16H18N4O3S. The second-order valence-corrected chi connectivity index (χ2v) is 6.39. The molecule has 2 amide bonds. The third-order valence-corrected chi connectivity index (χ3v) is 4.46. The highest BCUT2D eigenvalue weighted by atomic mass is 32.1. The van der Waals surface area contributed by atoms with E-state index in [2.05, 4.69) is 15.6 Å². The number of carbonyl (C=O) groups excluding carboxylic acids is 2. The Hall–Kier alpha value is -2.45. The standard InChI is InChI=1S/C16H18N4O3S/c1-23-10-4-5-12(11(6-10)15(21)18-9-2-3-9)20-16(22)13-8-24-14(7-17)19-13/h4-6,8-9H,2-3,7,17H2,1H3,(H,18,21)(H,20,22). The predicted molar refractivity (Wildman–Crippen MR) is 91.4 cm³/mol. The van der Waals surface area contributed by atoms with Gasteiger partial charge in [0.15, 0.2) is 0 Å². The average Bonchev–Trinajstić information content (AvgIpc) is 3.27. The van der Waals surface area contributed by atoms with Crippen LogP contribution in [0.4, 0.5) is 5.69 Å². The van der Waals surface area contributed by atoms with Gasteiger partial charge in [-0.25, -0.2) is 4.98 Å². The zero-order valence-corrected chi connectivity index (χ0v) is 14.0. The SMILES string of the molecule is COc1ccc(NC(=O)c2csc(CN)n2)c(C(=O)NC2CC2)c1. The maximum Gasteiger partial charge on any atom is 0.275 e. The van der Waals surface area contributed by atoms with Crippen molar-refractivity contribution < 1.29 is 14.3 Å². The van der Waals surface area contributed by atoms with Crippen molar-refractivity contribution in [3.8, 4) is 5.75 Å². The van der Waals surface area contributed by atoms with Crippen molar-refractivity contribution in [3.05, 3.63) is 39.8 Å². The van der Waals surface area contributed by atoms with Gasteiger partial charge in [0.05, 0.1) is 18.4 Å². The molecule has 1 aliphatic rings. The number of nitrogens with zero attached hydrogens (tertiary/aromatic N) is 1. The van der Waals surface area contributed by atoms with E-state index in [4.69, 9.17) is 10.5 Å². The molecule has 1 fully saturated rings. The van der Waals surface area contributed by atoms with Crippen molar-refractivity contribution in [1.82, 2.24) is 10.3 Å². The molecule has 0 bridgehead atoms. The van der Waals surface area contributed by atoms with E-state index in [1.165, 1.54) is 18.4 Å². The molecule has 8 heteroatoms. The molecule has 1 aliphatic carbocycles. The molecule has 1 aromatic heterocycles. The summed E-state index contributed by atoms with van der Waals surface area (Å²) in [6, 6.07) is 5.17. The number of thiazole rings is 1. The normalized spacial score (nSPS) is 13.4. The molecule has 1 saturated carbocycles. The van der Waals surface area contributed by atoms with Crippen LogP contribution in [0.2, 0.25) is 0 Å². The number of rotatable bonds is 6. The van der Waals surface area contributed by atoms with Crippen LogP contribution in [0.25, 0.3) is 0 Å². The summed E-state index contributed by atoms with van der Waals surface area (Å²) in [4.78, 5) is 28.9. The lowest BCUT2D eigenvalue weighted by atomic mass is 10.1. The zero-order valence-electron chi connectivity index (χ0n) is 13.2. The maximum absolute atomic E-state index is 12.4. The Bertz CT molecular complexity index is 770. The summed E-state index contributed by atoms with van der Waals surface area (Å²) in [6.45, 7) is 0.287. The lowest BCUT2D eigenvalue weighted by Crippen LogP contribution is -2.27. The van der Waals surface area contributed by atoms with Crippen molar-refractivity contribution in [2.75, 3.05) is 12.4 Å². The molecule has 0 atom stereocenters. The van der Waals surface area contributed by atoms with Gasteiger partial charge in [0.1, 0.15) is 16.5 Å². The van der Waals surface area contributed by atoms with Gasteiger partial charge < -0.3 is 21.1 Å². The first-order valence-corrected chi connectivity index (χ1v) is 8.43. The van der Waals surface area contributed by atoms with Crippen LogP contribution in [0, 0.1) is 0 Å². The summed E-state index contributed by atoms with van der Waals surface area (Å²) >= 11 is 1.33. The Morgan fingerprint density at radius 2 is 2.17 bits per heavy atom. The van der Waals surface area contributed by atoms with E-state index >= 15 is 0 Å².